The van der Waals surface area contributed by atoms with Gasteiger partial charge in [-0.05, 0) is 49.1 Å². The second kappa shape index (κ2) is 7.56. The van der Waals surface area contributed by atoms with Crippen LogP contribution in [0.1, 0.15) is 35.7 Å². The third-order valence-electron chi connectivity index (χ3n) is 4.78. The molecule has 1 aromatic heterocycles. The van der Waals surface area contributed by atoms with E-state index in [9.17, 15) is 4.79 Å². The number of hydrogen-bond acceptors (Lipinski definition) is 4. The molecule has 1 aliphatic heterocycles. The molecular formula is C21H22N2O2S. The van der Waals surface area contributed by atoms with Gasteiger partial charge in [-0.15, -0.1) is 0 Å². The fraction of sp³-hybridized carbons (Fsp3) is 0.333. The molecule has 2 aromatic carbocycles. The number of aryl methyl sites for hydroxylation is 1. The van der Waals surface area contributed by atoms with Gasteiger partial charge in [0.05, 0.1) is 22.9 Å². The van der Waals surface area contributed by atoms with Crippen LogP contribution in [0.25, 0.3) is 10.2 Å². The van der Waals surface area contributed by atoms with Gasteiger partial charge in [-0.3, -0.25) is 9.69 Å². The van der Waals surface area contributed by atoms with Gasteiger partial charge in [-0.25, -0.2) is 4.98 Å². The summed E-state index contributed by atoms with van der Waals surface area (Å²) < 4.78 is 6.88. The monoisotopic (exact) mass is 366 g/mol. The first-order valence-electron chi connectivity index (χ1n) is 9.12. The summed E-state index contributed by atoms with van der Waals surface area (Å²) in [6.45, 7) is 3.44. The molecule has 2 heterocycles. The average Bonchev–Trinajstić information content (AvgIpc) is 3.34. The number of anilines is 1. The lowest BCUT2D eigenvalue weighted by molar-refractivity contribution is 0.0917. The number of carbonyl (C=O) groups is 1. The third-order valence-corrected chi connectivity index (χ3v) is 5.84. The molecule has 0 N–H and O–H groups in total. The van der Waals surface area contributed by atoms with Gasteiger partial charge in [-0.2, -0.15) is 0 Å². The van der Waals surface area contributed by atoms with Crippen molar-refractivity contribution in [3.05, 3.63) is 59.7 Å². The lowest BCUT2D eigenvalue weighted by Gasteiger charge is -2.23. The Kier molecular flexibility index (Phi) is 5.00. The SMILES string of the molecule is CCc1ccc(C(=O)N(CC2CCCO2)c2nc3ccccc3s2)cc1. The predicted octanol–water partition coefficient (Wildman–Crippen LogP) is 4.68. The second-order valence-electron chi connectivity index (χ2n) is 6.57. The van der Waals surface area contributed by atoms with E-state index in [0.717, 1.165) is 41.2 Å². The van der Waals surface area contributed by atoms with Crippen molar-refractivity contribution in [1.29, 1.82) is 0 Å². The number of benzene rings is 2. The van der Waals surface area contributed by atoms with Gasteiger partial charge >= 0.3 is 0 Å². The molecule has 1 fully saturated rings. The van der Waals surface area contributed by atoms with E-state index in [1.54, 1.807) is 16.2 Å². The first-order valence-corrected chi connectivity index (χ1v) is 9.94. The minimum atomic E-state index is -0.0118. The van der Waals surface area contributed by atoms with Crippen LogP contribution in [-0.4, -0.2) is 30.1 Å². The molecule has 0 spiro atoms. The lowest BCUT2D eigenvalue weighted by Crippen LogP contribution is -2.37. The van der Waals surface area contributed by atoms with Gasteiger partial charge in [0.15, 0.2) is 5.13 Å². The van der Waals surface area contributed by atoms with E-state index >= 15 is 0 Å². The average molecular weight is 366 g/mol. The zero-order valence-corrected chi connectivity index (χ0v) is 15.7. The van der Waals surface area contributed by atoms with E-state index in [1.165, 1.54) is 5.56 Å². The number of para-hydroxylation sites is 1. The summed E-state index contributed by atoms with van der Waals surface area (Å²) in [6, 6.07) is 15.9. The summed E-state index contributed by atoms with van der Waals surface area (Å²) in [7, 11) is 0. The summed E-state index contributed by atoms with van der Waals surface area (Å²) >= 11 is 1.56. The van der Waals surface area contributed by atoms with E-state index in [4.69, 9.17) is 9.72 Å². The molecule has 1 amide bonds. The molecule has 1 atom stereocenters. The number of hydrogen-bond donors (Lipinski definition) is 0. The number of rotatable bonds is 5. The number of aromatic nitrogens is 1. The van der Waals surface area contributed by atoms with E-state index in [0.29, 0.717) is 12.1 Å². The Bertz CT molecular complexity index is 865. The minimum Gasteiger partial charge on any atom is -0.376 e. The molecule has 1 unspecified atom stereocenters. The highest BCUT2D eigenvalue weighted by Crippen LogP contribution is 2.30. The fourth-order valence-electron chi connectivity index (χ4n) is 3.25. The first kappa shape index (κ1) is 17.2. The molecule has 4 rings (SSSR count). The van der Waals surface area contributed by atoms with Gasteiger partial charge in [-0.1, -0.05) is 42.5 Å². The van der Waals surface area contributed by atoms with E-state index in [2.05, 4.69) is 6.92 Å². The number of carbonyl (C=O) groups excluding carboxylic acids is 1. The quantitative estimate of drug-likeness (QED) is 0.658. The summed E-state index contributed by atoms with van der Waals surface area (Å²) in [4.78, 5) is 19.7. The van der Waals surface area contributed by atoms with Crippen LogP contribution >= 0.6 is 11.3 Å². The minimum absolute atomic E-state index is 0.0118. The van der Waals surface area contributed by atoms with Crippen molar-refractivity contribution in [2.24, 2.45) is 0 Å². The van der Waals surface area contributed by atoms with Crippen LogP contribution in [0.5, 0.6) is 0 Å². The second-order valence-corrected chi connectivity index (χ2v) is 7.57. The number of nitrogens with zero attached hydrogens (tertiary/aromatic N) is 2. The Morgan fingerprint density at radius 3 is 2.73 bits per heavy atom. The molecule has 0 bridgehead atoms. The number of thiazole rings is 1. The van der Waals surface area contributed by atoms with Gasteiger partial charge in [0.2, 0.25) is 0 Å². The summed E-state index contributed by atoms with van der Waals surface area (Å²) in [5, 5.41) is 0.742. The molecule has 0 aliphatic carbocycles. The Labute approximate surface area is 157 Å². The highest BCUT2D eigenvalue weighted by molar-refractivity contribution is 7.22. The van der Waals surface area contributed by atoms with Crippen molar-refractivity contribution in [1.82, 2.24) is 4.98 Å². The van der Waals surface area contributed by atoms with Crippen LogP contribution < -0.4 is 4.90 Å². The Morgan fingerprint density at radius 1 is 1.23 bits per heavy atom. The smallest absolute Gasteiger partial charge is 0.260 e. The molecule has 1 aliphatic rings. The molecule has 0 saturated carbocycles. The summed E-state index contributed by atoms with van der Waals surface area (Å²) in [5.74, 6) is -0.0118. The molecule has 0 radical (unpaired) electrons. The van der Waals surface area contributed by atoms with Gasteiger partial charge in [0.1, 0.15) is 0 Å². The number of fused-ring (bicyclic) bond motifs is 1. The number of amides is 1. The van der Waals surface area contributed by atoms with Crippen LogP contribution in [0.15, 0.2) is 48.5 Å². The van der Waals surface area contributed by atoms with Crippen LogP contribution in [0.4, 0.5) is 5.13 Å². The van der Waals surface area contributed by atoms with Gasteiger partial charge in [0.25, 0.3) is 5.91 Å². The predicted molar refractivity (Wildman–Crippen MR) is 106 cm³/mol. The first-order chi connectivity index (χ1) is 12.7. The fourth-order valence-corrected chi connectivity index (χ4v) is 4.23. The Morgan fingerprint density at radius 2 is 2.04 bits per heavy atom. The summed E-state index contributed by atoms with van der Waals surface area (Å²) in [5.41, 5.74) is 2.85. The van der Waals surface area contributed by atoms with Crippen molar-refractivity contribution in [2.45, 2.75) is 32.3 Å². The Hall–Kier alpha value is -2.24. The highest BCUT2D eigenvalue weighted by atomic mass is 32.1. The zero-order valence-electron chi connectivity index (χ0n) is 14.9. The van der Waals surface area contributed by atoms with Crippen molar-refractivity contribution >= 4 is 32.6 Å². The van der Waals surface area contributed by atoms with Crippen molar-refractivity contribution in [3.63, 3.8) is 0 Å². The maximum atomic E-state index is 13.2. The largest absolute Gasteiger partial charge is 0.376 e. The Balaban J connectivity index is 1.67. The number of ether oxygens (including phenoxy) is 1. The van der Waals surface area contributed by atoms with Crippen LogP contribution in [0.3, 0.4) is 0 Å². The molecule has 1 saturated heterocycles. The van der Waals surface area contributed by atoms with Gasteiger partial charge in [0, 0.05) is 12.2 Å². The molecule has 26 heavy (non-hydrogen) atoms. The zero-order chi connectivity index (χ0) is 17.9. The summed E-state index contributed by atoms with van der Waals surface area (Å²) in [6.07, 6.45) is 3.09. The lowest BCUT2D eigenvalue weighted by atomic mass is 10.1. The van der Waals surface area contributed by atoms with Crippen LogP contribution in [-0.2, 0) is 11.2 Å². The maximum absolute atomic E-state index is 13.2. The third kappa shape index (κ3) is 3.50. The van der Waals surface area contributed by atoms with Crippen molar-refractivity contribution < 1.29 is 9.53 Å². The molecule has 4 nitrogen and oxygen atoms in total. The highest BCUT2D eigenvalue weighted by Gasteiger charge is 2.27. The van der Waals surface area contributed by atoms with E-state index in [1.807, 2.05) is 48.5 Å². The standard InChI is InChI=1S/C21H22N2O2S/c1-2-15-9-11-16(12-10-15)20(24)23(14-17-6-5-13-25-17)21-22-18-7-3-4-8-19(18)26-21/h3-4,7-12,17H,2,5-6,13-14H2,1H3. The normalized spacial score (nSPS) is 16.9. The van der Waals surface area contributed by atoms with Crippen LogP contribution in [0.2, 0.25) is 0 Å². The van der Waals surface area contributed by atoms with E-state index in [-0.39, 0.29) is 12.0 Å². The molecule has 3 aromatic rings. The van der Waals surface area contributed by atoms with Crippen molar-refractivity contribution in [2.75, 3.05) is 18.1 Å². The molecule has 5 heteroatoms. The van der Waals surface area contributed by atoms with Crippen molar-refractivity contribution in [3.8, 4) is 0 Å². The van der Waals surface area contributed by atoms with Gasteiger partial charge < -0.3 is 4.74 Å². The topological polar surface area (TPSA) is 42.4 Å². The van der Waals surface area contributed by atoms with E-state index < -0.39 is 0 Å². The van der Waals surface area contributed by atoms with Crippen LogP contribution in [0, 0.1) is 0 Å². The molecular weight excluding hydrogens is 344 g/mol. The maximum Gasteiger partial charge on any atom is 0.260 e. The molecule has 134 valence electrons.